The fourth-order valence-electron chi connectivity index (χ4n) is 0.952. The third-order valence-corrected chi connectivity index (χ3v) is 1.53. The zero-order valence-electron chi connectivity index (χ0n) is 8.24. The minimum absolute atomic E-state index is 0.468. The Hall–Kier alpha value is -1.71. The molecule has 1 amide bonds. The fraction of sp³-hybridized carbons (Fsp3) is 0.300. The van der Waals surface area contributed by atoms with Gasteiger partial charge in [-0.05, 0) is 19.1 Å². The summed E-state index contributed by atoms with van der Waals surface area (Å²) >= 11 is 0. The minimum atomic E-state index is -0.487. The van der Waals surface area contributed by atoms with Crippen LogP contribution in [0.5, 0.6) is 11.5 Å². The van der Waals surface area contributed by atoms with Crippen LogP contribution in [0, 0.1) is 0 Å². The molecule has 4 nitrogen and oxygen atoms in total. The van der Waals surface area contributed by atoms with Crippen molar-refractivity contribution in [2.75, 3.05) is 13.7 Å². The van der Waals surface area contributed by atoms with Crippen LogP contribution in [0.4, 0.5) is 4.79 Å². The lowest BCUT2D eigenvalue weighted by atomic mass is 10.3. The average Bonchev–Trinajstić information content (AvgIpc) is 2.19. The highest BCUT2D eigenvalue weighted by molar-refractivity contribution is 5.70. The van der Waals surface area contributed by atoms with E-state index in [2.05, 4.69) is 5.32 Å². The van der Waals surface area contributed by atoms with Gasteiger partial charge in [0.25, 0.3) is 0 Å². The van der Waals surface area contributed by atoms with Crippen molar-refractivity contribution in [2.24, 2.45) is 0 Å². The number of benzene rings is 1. The fourth-order valence-corrected chi connectivity index (χ4v) is 0.952. The molecule has 0 bridgehead atoms. The van der Waals surface area contributed by atoms with Gasteiger partial charge in [0, 0.05) is 13.1 Å². The molecular formula is C10H13NO3. The van der Waals surface area contributed by atoms with E-state index in [9.17, 15) is 4.79 Å². The Morgan fingerprint density at radius 2 is 2.14 bits per heavy atom. The Bertz CT molecular complexity index is 312. The third-order valence-electron chi connectivity index (χ3n) is 1.53. The van der Waals surface area contributed by atoms with E-state index < -0.39 is 6.09 Å². The summed E-state index contributed by atoms with van der Waals surface area (Å²) < 4.78 is 10.2. The van der Waals surface area contributed by atoms with Gasteiger partial charge in [-0.1, -0.05) is 6.07 Å². The Kier molecular flexibility index (Phi) is 3.79. The lowest BCUT2D eigenvalue weighted by Crippen LogP contribution is -2.21. The van der Waals surface area contributed by atoms with E-state index in [1.54, 1.807) is 24.3 Å². The maximum atomic E-state index is 10.9. The monoisotopic (exact) mass is 195 g/mol. The molecule has 0 unspecified atom stereocenters. The number of carbonyl (C=O) groups is 1. The molecule has 0 saturated heterocycles. The number of amides is 1. The second-order valence-corrected chi connectivity index (χ2v) is 2.55. The Morgan fingerprint density at radius 3 is 2.79 bits per heavy atom. The quantitative estimate of drug-likeness (QED) is 0.800. The maximum absolute atomic E-state index is 10.9. The molecule has 1 aromatic carbocycles. The molecule has 1 N–H and O–H groups in total. The van der Waals surface area contributed by atoms with E-state index in [0.717, 1.165) is 0 Å². The standard InChI is InChI=1S/C10H13NO3/c1-3-13-8-5-4-6-9(7-8)14-10(12)11-2/h4-7H,3H2,1-2H3,(H,11,12). The third kappa shape index (κ3) is 2.97. The topological polar surface area (TPSA) is 47.6 Å². The van der Waals surface area contributed by atoms with E-state index in [4.69, 9.17) is 9.47 Å². The number of carbonyl (C=O) groups excluding carboxylic acids is 1. The van der Waals surface area contributed by atoms with Crippen molar-refractivity contribution < 1.29 is 14.3 Å². The van der Waals surface area contributed by atoms with Crippen LogP contribution in [-0.4, -0.2) is 19.7 Å². The van der Waals surface area contributed by atoms with Gasteiger partial charge in [-0.3, -0.25) is 0 Å². The first-order chi connectivity index (χ1) is 6.76. The number of hydrogen-bond donors (Lipinski definition) is 1. The predicted molar refractivity (Wildman–Crippen MR) is 52.7 cm³/mol. The molecule has 0 fully saturated rings. The van der Waals surface area contributed by atoms with Gasteiger partial charge in [0.1, 0.15) is 11.5 Å². The molecule has 0 spiro atoms. The summed E-state index contributed by atoms with van der Waals surface area (Å²) in [5, 5.41) is 2.36. The highest BCUT2D eigenvalue weighted by atomic mass is 16.6. The first-order valence-electron chi connectivity index (χ1n) is 4.38. The lowest BCUT2D eigenvalue weighted by molar-refractivity contribution is 0.202. The molecule has 0 heterocycles. The zero-order chi connectivity index (χ0) is 10.4. The molecular weight excluding hydrogens is 182 g/mol. The van der Waals surface area contributed by atoms with Crippen molar-refractivity contribution in [1.82, 2.24) is 5.32 Å². The second-order valence-electron chi connectivity index (χ2n) is 2.55. The van der Waals surface area contributed by atoms with Crippen LogP contribution in [0.3, 0.4) is 0 Å². The van der Waals surface area contributed by atoms with Crippen LogP contribution in [-0.2, 0) is 0 Å². The van der Waals surface area contributed by atoms with Crippen molar-refractivity contribution in [2.45, 2.75) is 6.92 Å². The van der Waals surface area contributed by atoms with Gasteiger partial charge in [0.05, 0.1) is 6.61 Å². The van der Waals surface area contributed by atoms with Gasteiger partial charge in [0.2, 0.25) is 0 Å². The van der Waals surface area contributed by atoms with Crippen LogP contribution in [0.25, 0.3) is 0 Å². The molecule has 0 aromatic heterocycles. The van der Waals surface area contributed by atoms with Crippen LogP contribution in [0.15, 0.2) is 24.3 Å². The highest BCUT2D eigenvalue weighted by Gasteiger charge is 2.01. The summed E-state index contributed by atoms with van der Waals surface area (Å²) in [5.41, 5.74) is 0. The van der Waals surface area contributed by atoms with Gasteiger partial charge in [-0.25, -0.2) is 4.79 Å². The normalized spacial score (nSPS) is 9.29. The Labute approximate surface area is 82.8 Å². The summed E-state index contributed by atoms with van der Waals surface area (Å²) in [7, 11) is 1.51. The predicted octanol–water partition coefficient (Wildman–Crippen LogP) is 1.80. The van der Waals surface area contributed by atoms with E-state index in [-0.39, 0.29) is 0 Å². The van der Waals surface area contributed by atoms with Gasteiger partial charge in [-0.15, -0.1) is 0 Å². The van der Waals surface area contributed by atoms with Crippen molar-refractivity contribution in [3.8, 4) is 11.5 Å². The maximum Gasteiger partial charge on any atom is 0.412 e. The highest BCUT2D eigenvalue weighted by Crippen LogP contribution is 2.19. The molecule has 1 aromatic rings. The van der Waals surface area contributed by atoms with Gasteiger partial charge in [-0.2, -0.15) is 0 Å². The second kappa shape index (κ2) is 5.11. The van der Waals surface area contributed by atoms with Crippen LogP contribution in [0.1, 0.15) is 6.92 Å². The molecule has 0 saturated carbocycles. The van der Waals surface area contributed by atoms with E-state index in [1.165, 1.54) is 7.05 Å². The smallest absolute Gasteiger partial charge is 0.412 e. The summed E-state index contributed by atoms with van der Waals surface area (Å²) in [6.07, 6.45) is -0.487. The number of hydrogen-bond acceptors (Lipinski definition) is 3. The molecule has 0 aliphatic rings. The number of ether oxygens (including phenoxy) is 2. The van der Waals surface area contributed by atoms with Crippen LogP contribution >= 0.6 is 0 Å². The molecule has 14 heavy (non-hydrogen) atoms. The van der Waals surface area contributed by atoms with Crippen molar-refractivity contribution in [3.63, 3.8) is 0 Å². The Balaban J connectivity index is 2.68. The molecule has 0 radical (unpaired) electrons. The lowest BCUT2D eigenvalue weighted by Gasteiger charge is -2.06. The minimum Gasteiger partial charge on any atom is -0.494 e. The first kappa shape index (κ1) is 10.4. The van der Waals surface area contributed by atoms with E-state index >= 15 is 0 Å². The van der Waals surface area contributed by atoms with Crippen molar-refractivity contribution in [1.29, 1.82) is 0 Å². The summed E-state index contributed by atoms with van der Waals surface area (Å²) in [4.78, 5) is 10.9. The summed E-state index contributed by atoms with van der Waals surface area (Å²) in [5.74, 6) is 1.16. The molecule has 0 aliphatic heterocycles. The summed E-state index contributed by atoms with van der Waals surface area (Å²) in [6.45, 7) is 2.48. The first-order valence-corrected chi connectivity index (χ1v) is 4.38. The molecule has 0 aliphatic carbocycles. The SMILES string of the molecule is CCOc1cccc(OC(=O)NC)c1. The number of nitrogens with one attached hydrogen (secondary N) is 1. The van der Waals surface area contributed by atoms with Crippen LogP contribution < -0.4 is 14.8 Å². The number of rotatable bonds is 3. The van der Waals surface area contributed by atoms with Crippen molar-refractivity contribution in [3.05, 3.63) is 24.3 Å². The molecule has 0 atom stereocenters. The zero-order valence-corrected chi connectivity index (χ0v) is 8.24. The van der Waals surface area contributed by atoms with Gasteiger partial charge in [0.15, 0.2) is 0 Å². The Morgan fingerprint density at radius 1 is 1.43 bits per heavy atom. The van der Waals surface area contributed by atoms with Gasteiger partial charge < -0.3 is 14.8 Å². The van der Waals surface area contributed by atoms with E-state index in [1.807, 2.05) is 6.92 Å². The largest absolute Gasteiger partial charge is 0.494 e. The molecule has 4 heteroatoms. The van der Waals surface area contributed by atoms with Crippen molar-refractivity contribution >= 4 is 6.09 Å². The van der Waals surface area contributed by atoms with E-state index in [0.29, 0.717) is 18.1 Å². The van der Waals surface area contributed by atoms with Gasteiger partial charge >= 0.3 is 6.09 Å². The molecule has 1 rings (SSSR count). The molecule has 76 valence electrons. The van der Waals surface area contributed by atoms with Crippen LogP contribution in [0.2, 0.25) is 0 Å². The summed E-state index contributed by atoms with van der Waals surface area (Å²) in [6, 6.07) is 6.93. The average molecular weight is 195 g/mol.